The molecule has 21 heavy (non-hydrogen) atoms. The standard InChI is InChI=1S/C16H15ClO3S/c1-9-6-19-12-4-3-11(5-13(12)20-7-9)15(18)16-14(17)10(2)8-21-16/h3-5,8-9H,6-7H2,1-2H3. The van der Waals surface area contributed by atoms with Crippen LogP contribution in [-0.2, 0) is 0 Å². The van der Waals surface area contributed by atoms with E-state index in [0.717, 1.165) is 5.56 Å². The van der Waals surface area contributed by atoms with Crippen molar-refractivity contribution in [3.05, 3.63) is 44.6 Å². The van der Waals surface area contributed by atoms with Crippen LogP contribution < -0.4 is 9.47 Å². The molecule has 1 atom stereocenters. The number of carbonyl (C=O) groups excluding carboxylic acids is 1. The highest BCUT2D eigenvalue weighted by Crippen LogP contribution is 2.34. The normalized spacial score (nSPS) is 17.4. The van der Waals surface area contributed by atoms with Gasteiger partial charge in [0, 0.05) is 11.5 Å². The Hall–Kier alpha value is -1.52. The Morgan fingerprint density at radius 1 is 1.29 bits per heavy atom. The predicted octanol–water partition coefficient (Wildman–Crippen LogP) is 4.35. The van der Waals surface area contributed by atoms with Crippen molar-refractivity contribution in [2.45, 2.75) is 13.8 Å². The van der Waals surface area contributed by atoms with Crippen LogP contribution in [0.5, 0.6) is 11.5 Å². The Morgan fingerprint density at radius 3 is 2.67 bits per heavy atom. The van der Waals surface area contributed by atoms with Crippen LogP contribution in [0.25, 0.3) is 0 Å². The maximum absolute atomic E-state index is 12.5. The summed E-state index contributed by atoms with van der Waals surface area (Å²) in [5, 5.41) is 2.42. The number of fused-ring (bicyclic) bond motifs is 1. The van der Waals surface area contributed by atoms with Crippen LogP contribution >= 0.6 is 22.9 Å². The molecule has 0 saturated heterocycles. The molecule has 0 saturated carbocycles. The Bertz CT molecular complexity index is 693. The molecule has 0 spiro atoms. The first-order chi connectivity index (χ1) is 10.1. The Kier molecular flexibility index (Phi) is 3.91. The zero-order valence-corrected chi connectivity index (χ0v) is 13.4. The van der Waals surface area contributed by atoms with Crippen molar-refractivity contribution in [1.29, 1.82) is 0 Å². The van der Waals surface area contributed by atoms with Gasteiger partial charge in [0.15, 0.2) is 11.5 Å². The summed E-state index contributed by atoms with van der Waals surface area (Å²) in [7, 11) is 0. The molecule has 1 unspecified atom stereocenters. The third kappa shape index (κ3) is 2.78. The predicted molar refractivity (Wildman–Crippen MR) is 84.1 cm³/mol. The van der Waals surface area contributed by atoms with Gasteiger partial charge in [-0.15, -0.1) is 11.3 Å². The Balaban J connectivity index is 1.94. The zero-order chi connectivity index (χ0) is 15.0. The van der Waals surface area contributed by atoms with E-state index in [1.807, 2.05) is 12.3 Å². The van der Waals surface area contributed by atoms with Crippen molar-refractivity contribution >= 4 is 28.7 Å². The summed E-state index contributed by atoms with van der Waals surface area (Å²) in [6.07, 6.45) is 0. The van der Waals surface area contributed by atoms with Gasteiger partial charge in [0.05, 0.1) is 23.1 Å². The van der Waals surface area contributed by atoms with E-state index in [-0.39, 0.29) is 5.78 Å². The van der Waals surface area contributed by atoms with Crippen LogP contribution in [0.1, 0.15) is 27.7 Å². The second-order valence-electron chi connectivity index (χ2n) is 5.28. The van der Waals surface area contributed by atoms with E-state index in [2.05, 4.69) is 6.92 Å². The zero-order valence-electron chi connectivity index (χ0n) is 11.8. The lowest BCUT2D eigenvalue weighted by atomic mass is 10.1. The minimum Gasteiger partial charge on any atom is -0.489 e. The summed E-state index contributed by atoms with van der Waals surface area (Å²) in [5.41, 5.74) is 1.49. The van der Waals surface area contributed by atoms with Crippen molar-refractivity contribution in [2.24, 2.45) is 5.92 Å². The van der Waals surface area contributed by atoms with Gasteiger partial charge in [-0.3, -0.25) is 4.79 Å². The van der Waals surface area contributed by atoms with Crippen molar-refractivity contribution in [3.63, 3.8) is 0 Å². The maximum Gasteiger partial charge on any atom is 0.204 e. The third-order valence-corrected chi connectivity index (χ3v) is 5.05. The van der Waals surface area contributed by atoms with Gasteiger partial charge in [0.25, 0.3) is 0 Å². The van der Waals surface area contributed by atoms with Crippen molar-refractivity contribution in [3.8, 4) is 11.5 Å². The number of thiophene rings is 1. The Labute approximate surface area is 132 Å². The first-order valence-corrected chi connectivity index (χ1v) is 8.00. The fourth-order valence-electron chi connectivity index (χ4n) is 2.11. The van der Waals surface area contributed by atoms with Crippen LogP contribution in [0.2, 0.25) is 5.02 Å². The van der Waals surface area contributed by atoms with Gasteiger partial charge >= 0.3 is 0 Å². The molecular formula is C16H15ClO3S. The smallest absolute Gasteiger partial charge is 0.204 e. The SMILES string of the molecule is Cc1csc(C(=O)c2ccc3c(c2)OCC(C)CO3)c1Cl. The average molecular weight is 323 g/mol. The molecular weight excluding hydrogens is 308 g/mol. The highest BCUT2D eigenvalue weighted by atomic mass is 35.5. The minimum absolute atomic E-state index is 0.0817. The van der Waals surface area contributed by atoms with Crippen molar-refractivity contribution in [2.75, 3.05) is 13.2 Å². The molecule has 0 fully saturated rings. The molecule has 5 heteroatoms. The lowest BCUT2D eigenvalue weighted by Crippen LogP contribution is -2.12. The number of rotatable bonds is 2. The first-order valence-electron chi connectivity index (χ1n) is 6.74. The second kappa shape index (κ2) is 5.70. The molecule has 1 aliphatic heterocycles. The van der Waals surface area contributed by atoms with Crippen molar-refractivity contribution in [1.82, 2.24) is 0 Å². The summed E-state index contributed by atoms with van der Waals surface area (Å²) in [6.45, 7) is 5.16. The molecule has 0 radical (unpaired) electrons. The highest BCUT2D eigenvalue weighted by Gasteiger charge is 2.20. The van der Waals surface area contributed by atoms with E-state index in [1.54, 1.807) is 18.2 Å². The van der Waals surface area contributed by atoms with Crippen LogP contribution in [0.15, 0.2) is 23.6 Å². The second-order valence-corrected chi connectivity index (χ2v) is 6.54. The van der Waals surface area contributed by atoms with Crippen LogP contribution in [0.4, 0.5) is 0 Å². The molecule has 2 heterocycles. The maximum atomic E-state index is 12.5. The molecule has 0 N–H and O–H groups in total. The van der Waals surface area contributed by atoms with E-state index in [1.165, 1.54) is 11.3 Å². The van der Waals surface area contributed by atoms with Gasteiger partial charge in [0.1, 0.15) is 0 Å². The van der Waals surface area contributed by atoms with Crippen LogP contribution in [0.3, 0.4) is 0 Å². The molecule has 0 bridgehead atoms. The molecule has 110 valence electrons. The van der Waals surface area contributed by atoms with Gasteiger partial charge in [-0.1, -0.05) is 18.5 Å². The van der Waals surface area contributed by atoms with Gasteiger partial charge in [0.2, 0.25) is 5.78 Å². The van der Waals surface area contributed by atoms with Crippen LogP contribution in [0, 0.1) is 12.8 Å². The van der Waals surface area contributed by atoms with E-state index >= 15 is 0 Å². The summed E-state index contributed by atoms with van der Waals surface area (Å²) in [6, 6.07) is 5.28. The van der Waals surface area contributed by atoms with Crippen molar-refractivity contribution < 1.29 is 14.3 Å². The lowest BCUT2D eigenvalue weighted by Gasteiger charge is -2.08. The fourth-order valence-corrected chi connectivity index (χ4v) is 3.35. The van der Waals surface area contributed by atoms with Gasteiger partial charge in [-0.25, -0.2) is 0 Å². The molecule has 0 aliphatic carbocycles. The average Bonchev–Trinajstić information content (AvgIpc) is 2.71. The van der Waals surface area contributed by atoms with E-state index in [0.29, 0.717) is 46.1 Å². The number of ketones is 1. The highest BCUT2D eigenvalue weighted by molar-refractivity contribution is 7.13. The molecule has 3 rings (SSSR count). The topological polar surface area (TPSA) is 35.5 Å². The molecule has 3 nitrogen and oxygen atoms in total. The number of hydrogen-bond acceptors (Lipinski definition) is 4. The van der Waals surface area contributed by atoms with E-state index in [4.69, 9.17) is 21.1 Å². The number of aryl methyl sites for hydroxylation is 1. The third-order valence-electron chi connectivity index (χ3n) is 3.36. The summed E-state index contributed by atoms with van der Waals surface area (Å²) in [5.74, 6) is 1.55. The first kappa shape index (κ1) is 14.4. The minimum atomic E-state index is -0.0817. The molecule has 1 aromatic carbocycles. The molecule has 0 amide bonds. The summed E-state index contributed by atoms with van der Waals surface area (Å²) in [4.78, 5) is 13.1. The van der Waals surface area contributed by atoms with Gasteiger partial charge in [-0.05, 0) is 36.1 Å². The molecule has 2 aromatic rings. The summed E-state index contributed by atoms with van der Waals surface area (Å²) >= 11 is 7.54. The van der Waals surface area contributed by atoms with E-state index in [9.17, 15) is 4.79 Å². The summed E-state index contributed by atoms with van der Waals surface area (Å²) < 4.78 is 11.4. The fraction of sp³-hybridized carbons (Fsp3) is 0.312. The quantitative estimate of drug-likeness (QED) is 0.771. The van der Waals surface area contributed by atoms with Gasteiger partial charge in [-0.2, -0.15) is 0 Å². The lowest BCUT2D eigenvalue weighted by molar-refractivity contribution is 0.104. The molecule has 1 aliphatic rings. The number of benzene rings is 1. The largest absolute Gasteiger partial charge is 0.489 e. The van der Waals surface area contributed by atoms with Gasteiger partial charge < -0.3 is 9.47 Å². The number of carbonyl (C=O) groups is 1. The number of halogens is 1. The number of ether oxygens (including phenoxy) is 2. The Morgan fingerprint density at radius 2 is 2.00 bits per heavy atom. The van der Waals surface area contributed by atoms with Crippen LogP contribution in [-0.4, -0.2) is 19.0 Å². The van der Waals surface area contributed by atoms with E-state index < -0.39 is 0 Å². The molecule has 1 aromatic heterocycles. The number of hydrogen-bond donors (Lipinski definition) is 0. The monoisotopic (exact) mass is 322 g/mol.